The van der Waals surface area contributed by atoms with Gasteiger partial charge >= 0.3 is 0 Å². The number of ether oxygens (including phenoxy) is 1. The number of carbonyl (C=O) groups is 1. The summed E-state index contributed by atoms with van der Waals surface area (Å²) in [5.41, 5.74) is 5.29. The van der Waals surface area contributed by atoms with Crippen molar-refractivity contribution in [2.24, 2.45) is 5.92 Å². The number of rotatable bonds is 8. The third-order valence-corrected chi connectivity index (χ3v) is 5.00. The van der Waals surface area contributed by atoms with E-state index in [2.05, 4.69) is 51.2 Å². The molecule has 0 saturated carbocycles. The summed E-state index contributed by atoms with van der Waals surface area (Å²) in [6.45, 7) is 9.03. The first-order valence-corrected chi connectivity index (χ1v) is 10.6. The molecule has 0 aliphatic rings. The molecule has 1 amide bonds. The molecule has 0 unspecified atom stereocenters. The summed E-state index contributed by atoms with van der Waals surface area (Å²) in [6, 6.07) is 23.9. The zero-order chi connectivity index (χ0) is 21.5. The van der Waals surface area contributed by atoms with Crippen LogP contribution in [0.25, 0.3) is 0 Å². The van der Waals surface area contributed by atoms with Gasteiger partial charge in [-0.15, -0.1) is 0 Å². The Kier molecular flexibility index (Phi) is 7.29. The highest BCUT2D eigenvalue weighted by molar-refractivity contribution is 5.94. The van der Waals surface area contributed by atoms with Crippen molar-refractivity contribution in [3.8, 4) is 5.75 Å². The van der Waals surface area contributed by atoms with E-state index in [0.29, 0.717) is 23.8 Å². The first-order valence-electron chi connectivity index (χ1n) is 10.6. The van der Waals surface area contributed by atoms with Crippen molar-refractivity contribution in [3.05, 3.63) is 101 Å². The molecule has 3 heteroatoms. The minimum Gasteiger partial charge on any atom is -0.489 e. The van der Waals surface area contributed by atoms with Crippen LogP contribution in [0.3, 0.4) is 0 Å². The maximum atomic E-state index is 13.0. The first-order chi connectivity index (χ1) is 14.4. The van der Waals surface area contributed by atoms with Crippen LogP contribution in [0.15, 0.2) is 72.8 Å². The van der Waals surface area contributed by atoms with Gasteiger partial charge in [-0.25, -0.2) is 0 Å². The number of carbonyl (C=O) groups excluding carboxylic acids is 1. The summed E-state index contributed by atoms with van der Waals surface area (Å²) >= 11 is 0. The van der Waals surface area contributed by atoms with Gasteiger partial charge in [0.1, 0.15) is 12.4 Å². The van der Waals surface area contributed by atoms with Crippen LogP contribution in [-0.4, -0.2) is 5.91 Å². The molecule has 0 saturated heterocycles. The van der Waals surface area contributed by atoms with Gasteiger partial charge in [0.25, 0.3) is 5.91 Å². The van der Waals surface area contributed by atoms with Crippen molar-refractivity contribution >= 4 is 5.91 Å². The molecule has 3 rings (SSSR count). The molecule has 30 heavy (non-hydrogen) atoms. The Morgan fingerprint density at radius 3 is 2.27 bits per heavy atom. The summed E-state index contributed by atoms with van der Waals surface area (Å²) in [5.74, 6) is 1.08. The number of nitrogens with one attached hydrogen (secondary N) is 1. The summed E-state index contributed by atoms with van der Waals surface area (Å²) in [6.07, 6.45) is 0.888. The van der Waals surface area contributed by atoms with Crippen molar-refractivity contribution < 1.29 is 9.53 Å². The van der Waals surface area contributed by atoms with Crippen molar-refractivity contribution in [1.82, 2.24) is 5.32 Å². The Labute approximate surface area is 180 Å². The Bertz CT molecular complexity index is 959. The number of aryl methyl sites for hydroxylation is 2. The van der Waals surface area contributed by atoms with E-state index >= 15 is 0 Å². The summed E-state index contributed by atoms with van der Waals surface area (Å²) in [7, 11) is 0. The highest BCUT2D eigenvalue weighted by atomic mass is 16.5. The minimum absolute atomic E-state index is 0.0232. The molecule has 1 N–H and O–H groups in total. The quantitative estimate of drug-likeness (QED) is 0.474. The van der Waals surface area contributed by atoms with E-state index < -0.39 is 0 Å². The zero-order valence-electron chi connectivity index (χ0n) is 18.3. The van der Waals surface area contributed by atoms with E-state index in [-0.39, 0.29) is 11.9 Å². The molecular formula is C27H31NO2. The van der Waals surface area contributed by atoms with Crippen LogP contribution in [0.2, 0.25) is 0 Å². The van der Waals surface area contributed by atoms with Crippen LogP contribution in [0.4, 0.5) is 0 Å². The van der Waals surface area contributed by atoms with Crippen LogP contribution in [-0.2, 0) is 6.61 Å². The van der Waals surface area contributed by atoms with Crippen LogP contribution in [0.1, 0.15) is 58.9 Å². The van der Waals surface area contributed by atoms with Gasteiger partial charge in [0, 0.05) is 5.56 Å². The Morgan fingerprint density at radius 2 is 1.60 bits per heavy atom. The van der Waals surface area contributed by atoms with E-state index in [0.717, 1.165) is 17.5 Å². The molecule has 3 aromatic carbocycles. The van der Waals surface area contributed by atoms with Gasteiger partial charge in [-0.2, -0.15) is 0 Å². The van der Waals surface area contributed by atoms with E-state index in [1.165, 1.54) is 11.1 Å². The average molecular weight is 402 g/mol. The van der Waals surface area contributed by atoms with Crippen LogP contribution >= 0.6 is 0 Å². The fourth-order valence-corrected chi connectivity index (χ4v) is 3.67. The second-order valence-corrected chi connectivity index (χ2v) is 8.38. The predicted octanol–water partition coefficient (Wildman–Crippen LogP) is 6.40. The molecule has 1 atom stereocenters. The first kappa shape index (κ1) is 21.6. The highest BCUT2D eigenvalue weighted by Gasteiger charge is 2.18. The van der Waals surface area contributed by atoms with E-state index in [9.17, 15) is 4.79 Å². The lowest BCUT2D eigenvalue weighted by molar-refractivity contribution is 0.0931. The third-order valence-electron chi connectivity index (χ3n) is 5.00. The van der Waals surface area contributed by atoms with Crippen molar-refractivity contribution in [3.63, 3.8) is 0 Å². The largest absolute Gasteiger partial charge is 0.489 e. The molecule has 0 heterocycles. The molecule has 0 aliphatic carbocycles. The lowest BCUT2D eigenvalue weighted by atomic mass is 9.94. The summed E-state index contributed by atoms with van der Waals surface area (Å²) < 4.78 is 5.89. The number of hydrogen-bond donors (Lipinski definition) is 1. The third kappa shape index (κ3) is 6.21. The zero-order valence-corrected chi connectivity index (χ0v) is 18.3. The number of amides is 1. The van der Waals surface area contributed by atoms with Gasteiger partial charge in [0.15, 0.2) is 0 Å². The van der Waals surface area contributed by atoms with E-state index in [1.807, 2.05) is 54.6 Å². The minimum atomic E-state index is -0.0787. The maximum absolute atomic E-state index is 13.0. The Balaban J connectivity index is 1.73. The van der Waals surface area contributed by atoms with Gasteiger partial charge in [-0.1, -0.05) is 79.6 Å². The summed E-state index contributed by atoms with van der Waals surface area (Å²) in [5, 5.41) is 3.24. The highest BCUT2D eigenvalue weighted by Crippen LogP contribution is 2.25. The summed E-state index contributed by atoms with van der Waals surface area (Å²) in [4.78, 5) is 13.0. The average Bonchev–Trinajstić information content (AvgIpc) is 2.71. The smallest absolute Gasteiger partial charge is 0.251 e. The van der Waals surface area contributed by atoms with E-state index in [1.54, 1.807) is 0 Å². The van der Waals surface area contributed by atoms with Gasteiger partial charge < -0.3 is 10.1 Å². The standard InChI is InChI=1S/C27H31NO2/c1-19(2)13-26(24-15-20(3)14-21(4)16-24)28-27(29)23-11-8-12-25(17-23)30-18-22-9-6-5-7-10-22/h5-12,14-17,19,26H,13,18H2,1-4H3,(H,28,29)/t26-/m1/s1. The van der Waals surface area contributed by atoms with Crippen LogP contribution in [0.5, 0.6) is 5.75 Å². The van der Waals surface area contributed by atoms with Crippen LogP contribution in [0, 0.1) is 19.8 Å². The molecule has 0 aromatic heterocycles. The maximum Gasteiger partial charge on any atom is 0.251 e. The lowest BCUT2D eigenvalue weighted by Gasteiger charge is -2.22. The molecule has 0 bridgehead atoms. The molecular weight excluding hydrogens is 370 g/mol. The number of hydrogen-bond acceptors (Lipinski definition) is 2. The van der Waals surface area contributed by atoms with Crippen molar-refractivity contribution in [1.29, 1.82) is 0 Å². The molecule has 3 aromatic rings. The van der Waals surface area contributed by atoms with Crippen LogP contribution < -0.4 is 10.1 Å². The Morgan fingerprint density at radius 1 is 0.900 bits per heavy atom. The van der Waals surface area contributed by atoms with Gasteiger partial charge in [-0.3, -0.25) is 4.79 Å². The van der Waals surface area contributed by atoms with Gasteiger partial charge in [-0.05, 0) is 55.5 Å². The normalized spacial score (nSPS) is 11.9. The Hall–Kier alpha value is -3.07. The number of benzene rings is 3. The topological polar surface area (TPSA) is 38.3 Å². The monoisotopic (exact) mass is 401 g/mol. The second-order valence-electron chi connectivity index (χ2n) is 8.38. The predicted molar refractivity (Wildman–Crippen MR) is 123 cm³/mol. The fraction of sp³-hybridized carbons (Fsp3) is 0.296. The molecule has 0 spiro atoms. The second kappa shape index (κ2) is 10.1. The van der Waals surface area contributed by atoms with Gasteiger partial charge in [0.2, 0.25) is 0 Å². The fourth-order valence-electron chi connectivity index (χ4n) is 3.67. The molecule has 156 valence electrons. The molecule has 0 fully saturated rings. The van der Waals surface area contributed by atoms with Crippen molar-refractivity contribution in [2.45, 2.75) is 46.8 Å². The van der Waals surface area contributed by atoms with E-state index in [4.69, 9.17) is 4.74 Å². The molecule has 3 nitrogen and oxygen atoms in total. The SMILES string of the molecule is Cc1cc(C)cc([C@@H](CC(C)C)NC(=O)c2cccc(OCc3ccccc3)c2)c1. The van der Waals surface area contributed by atoms with Gasteiger partial charge in [0.05, 0.1) is 6.04 Å². The molecule has 0 aliphatic heterocycles. The van der Waals surface area contributed by atoms with Crippen molar-refractivity contribution in [2.75, 3.05) is 0 Å². The lowest BCUT2D eigenvalue weighted by Crippen LogP contribution is -2.29. The molecule has 0 radical (unpaired) electrons.